The smallest absolute Gasteiger partial charge is 0.414 e. The number of hydrogen-bond donors (Lipinski definition) is 3. The van der Waals surface area contributed by atoms with Gasteiger partial charge < -0.3 is 24.4 Å². The molecule has 0 heterocycles. The third-order valence-corrected chi connectivity index (χ3v) is 3.52. The molecule has 0 fully saturated rings. The molecule has 0 aliphatic carbocycles. The van der Waals surface area contributed by atoms with Crippen molar-refractivity contribution < 1.29 is 33.5 Å². The summed E-state index contributed by atoms with van der Waals surface area (Å²) in [4.78, 5) is 36.1. The number of rotatable bonds is 9. The van der Waals surface area contributed by atoms with Crippen LogP contribution in [0.4, 0.5) is 10.5 Å². The number of hydrogen-bond acceptors (Lipinski definition) is 6. The van der Waals surface area contributed by atoms with Gasteiger partial charge in [0.2, 0.25) is 0 Å². The van der Waals surface area contributed by atoms with Crippen LogP contribution in [0.3, 0.4) is 0 Å². The number of methoxy groups -OCH3 is 2. The number of amides is 3. The molecule has 1 aromatic rings. The van der Waals surface area contributed by atoms with Crippen molar-refractivity contribution in [3.8, 4) is 11.5 Å². The molecule has 1 aromatic carbocycles. The third kappa shape index (κ3) is 6.98. The van der Waals surface area contributed by atoms with Gasteiger partial charge in [-0.1, -0.05) is 0 Å². The average molecular weight is 368 g/mol. The number of ether oxygens (including phenoxy) is 3. The Morgan fingerprint density at radius 1 is 1.04 bits per heavy atom. The maximum absolute atomic E-state index is 12.3. The van der Waals surface area contributed by atoms with Gasteiger partial charge in [-0.05, 0) is 26.0 Å². The van der Waals surface area contributed by atoms with Gasteiger partial charge in [-0.3, -0.25) is 14.9 Å². The lowest BCUT2D eigenvalue weighted by atomic mass is 10.2. The molecule has 1 unspecified atom stereocenters. The fraction of sp³-hybridized carbons (Fsp3) is 0.471. The molecular formula is C17H26N3O6+. The normalized spacial score (nSPS) is 11.2. The van der Waals surface area contributed by atoms with E-state index in [4.69, 9.17) is 9.47 Å². The molecule has 144 valence electrons. The maximum atomic E-state index is 12.3. The van der Waals surface area contributed by atoms with E-state index in [1.807, 2.05) is 6.92 Å². The number of quaternary nitrogens is 1. The number of carbonyl (C=O) groups excluding carboxylic acids is 3. The lowest BCUT2D eigenvalue weighted by Crippen LogP contribution is -3.14. The number of benzene rings is 1. The van der Waals surface area contributed by atoms with Gasteiger partial charge in [-0.25, -0.2) is 4.79 Å². The summed E-state index contributed by atoms with van der Waals surface area (Å²) in [5, 5.41) is 4.86. The van der Waals surface area contributed by atoms with Crippen LogP contribution in [0.2, 0.25) is 0 Å². The first-order chi connectivity index (χ1) is 12.4. The Labute approximate surface area is 152 Å². The van der Waals surface area contributed by atoms with Crippen LogP contribution in [0.1, 0.15) is 13.8 Å². The molecule has 3 N–H and O–H groups in total. The number of imide groups is 1. The first-order valence-corrected chi connectivity index (χ1v) is 8.25. The van der Waals surface area contributed by atoms with E-state index < -0.39 is 12.0 Å². The first kappa shape index (κ1) is 21.2. The van der Waals surface area contributed by atoms with Crippen molar-refractivity contribution in [3.63, 3.8) is 0 Å². The van der Waals surface area contributed by atoms with Gasteiger partial charge in [0.05, 0.1) is 33.1 Å². The molecule has 0 aliphatic rings. The fourth-order valence-corrected chi connectivity index (χ4v) is 2.20. The van der Waals surface area contributed by atoms with Crippen molar-refractivity contribution in [1.29, 1.82) is 0 Å². The minimum absolute atomic E-state index is 0.0298. The Kier molecular flexibility index (Phi) is 8.93. The molecule has 0 bridgehead atoms. The topological polar surface area (TPSA) is 107 Å². The molecule has 0 radical (unpaired) electrons. The Balaban J connectivity index is 2.64. The molecule has 3 amide bonds. The van der Waals surface area contributed by atoms with Crippen LogP contribution in [0.5, 0.6) is 11.5 Å². The third-order valence-electron chi connectivity index (χ3n) is 3.52. The largest absolute Gasteiger partial charge is 0.497 e. The Bertz CT molecular complexity index is 635. The van der Waals surface area contributed by atoms with Crippen molar-refractivity contribution in [3.05, 3.63) is 18.2 Å². The van der Waals surface area contributed by atoms with E-state index in [0.717, 1.165) is 0 Å². The fourth-order valence-electron chi connectivity index (χ4n) is 2.20. The van der Waals surface area contributed by atoms with Crippen LogP contribution in [0.25, 0.3) is 0 Å². The summed E-state index contributed by atoms with van der Waals surface area (Å²) in [5.41, 5.74) is 0.475. The lowest BCUT2D eigenvalue weighted by molar-refractivity contribution is -0.881. The van der Waals surface area contributed by atoms with Gasteiger partial charge in [0, 0.05) is 6.07 Å². The number of carbonyl (C=O) groups is 3. The molecule has 26 heavy (non-hydrogen) atoms. The molecule has 1 rings (SSSR count). The highest BCUT2D eigenvalue weighted by Gasteiger charge is 2.19. The van der Waals surface area contributed by atoms with E-state index in [2.05, 4.69) is 15.4 Å². The van der Waals surface area contributed by atoms with Gasteiger partial charge in [0.25, 0.3) is 11.8 Å². The van der Waals surface area contributed by atoms with Crippen molar-refractivity contribution in [1.82, 2.24) is 5.32 Å². The van der Waals surface area contributed by atoms with Gasteiger partial charge in [0.15, 0.2) is 13.1 Å². The summed E-state index contributed by atoms with van der Waals surface area (Å²) >= 11 is 0. The van der Waals surface area contributed by atoms with Crippen LogP contribution in [0.15, 0.2) is 18.2 Å². The van der Waals surface area contributed by atoms with Crippen LogP contribution < -0.4 is 25.0 Å². The van der Waals surface area contributed by atoms with E-state index in [0.29, 0.717) is 28.6 Å². The number of alkyl carbamates (subject to hydrolysis) is 1. The number of anilines is 1. The molecule has 0 saturated carbocycles. The standard InChI is InChI=1S/C17H25N3O6/c1-5-20(11-16(22)19-17(23)26-6-2)10-15(21)18-13-9-12(24-3)7-8-14(13)25-4/h7-9H,5-6,10-11H2,1-4H3,(H,18,21)(H,19,22,23)/p+1. The van der Waals surface area contributed by atoms with E-state index in [1.165, 1.54) is 14.2 Å². The van der Waals surface area contributed by atoms with Crippen molar-refractivity contribution >= 4 is 23.6 Å². The van der Waals surface area contributed by atoms with Gasteiger partial charge in [-0.15, -0.1) is 0 Å². The molecule has 0 saturated heterocycles. The highest BCUT2D eigenvalue weighted by molar-refractivity contribution is 5.94. The summed E-state index contributed by atoms with van der Waals surface area (Å²) in [6.45, 7) is 4.20. The summed E-state index contributed by atoms with van der Waals surface area (Å²) in [6, 6.07) is 5.05. The average Bonchev–Trinajstić information content (AvgIpc) is 2.60. The summed E-state index contributed by atoms with van der Waals surface area (Å²) in [5.74, 6) is 0.274. The first-order valence-electron chi connectivity index (χ1n) is 8.25. The van der Waals surface area contributed by atoms with Crippen LogP contribution in [-0.2, 0) is 14.3 Å². The molecule has 9 heteroatoms. The second-order valence-corrected chi connectivity index (χ2v) is 5.34. The zero-order chi connectivity index (χ0) is 19.5. The molecule has 0 aromatic heterocycles. The minimum atomic E-state index is -0.793. The highest BCUT2D eigenvalue weighted by Crippen LogP contribution is 2.28. The van der Waals surface area contributed by atoms with E-state index in [-0.39, 0.29) is 25.6 Å². The zero-order valence-electron chi connectivity index (χ0n) is 15.5. The van der Waals surface area contributed by atoms with E-state index in [9.17, 15) is 14.4 Å². The summed E-state index contributed by atoms with van der Waals surface area (Å²) in [6.07, 6.45) is -0.793. The van der Waals surface area contributed by atoms with Crippen molar-refractivity contribution in [2.75, 3.05) is 45.8 Å². The zero-order valence-corrected chi connectivity index (χ0v) is 15.5. The molecule has 9 nitrogen and oxygen atoms in total. The molecule has 1 atom stereocenters. The van der Waals surface area contributed by atoms with Gasteiger partial charge in [0.1, 0.15) is 11.5 Å². The second kappa shape index (κ2) is 10.9. The predicted molar refractivity (Wildman–Crippen MR) is 94.6 cm³/mol. The van der Waals surface area contributed by atoms with Gasteiger partial charge >= 0.3 is 6.09 Å². The monoisotopic (exact) mass is 368 g/mol. The van der Waals surface area contributed by atoms with Crippen LogP contribution >= 0.6 is 0 Å². The van der Waals surface area contributed by atoms with E-state index in [1.54, 1.807) is 25.1 Å². The lowest BCUT2D eigenvalue weighted by Gasteiger charge is -2.17. The van der Waals surface area contributed by atoms with Gasteiger partial charge in [-0.2, -0.15) is 0 Å². The van der Waals surface area contributed by atoms with E-state index >= 15 is 0 Å². The van der Waals surface area contributed by atoms with Crippen molar-refractivity contribution in [2.24, 2.45) is 0 Å². The Hall–Kier alpha value is -2.81. The maximum Gasteiger partial charge on any atom is 0.414 e. The summed E-state index contributed by atoms with van der Waals surface area (Å²) in [7, 11) is 3.03. The van der Waals surface area contributed by atoms with Crippen LogP contribution in [-0.4, -0.2) is 58.4 Å². The SMILES string of the molecule is CCOC(=O)NC(=O)C[NH+](CC)CC(=O)Nc1cc(OC)ccc1OC. The predicted octanol–water partition coefficient (Wildman–Crippen LogP) is -0.180. The molecule has 0 aliphatic heterocycles. The molecular weight excluding hydrogens is 342 g/mol. The highest BCUT2D eigenvalue weighted by atomic mass is 16.5. The Morgan fingerprint density at radius 2 is 1.73 bits per heavy atom. The Morgan fingerprint density at radius 3 is 2.31 bits per heavy atom. The quantitative estimate of drug-likeness (QED) is 0.558. The van der Waals surface area contributed by atoms with Crippen molar-refractivity contribution in [2.45, 2.75) is 13.8 Å². The van der Waals surface area contributed by atoms with Crippen LogP contribution in [0, 0.1) is 0 Å². The summed E-state index contributed by atoms with van der Waals surface area (Å²) < 4.78 is 15.0. The molecule has 0 spiro atoms. The number of likely N-dealkylation sites (N-methyl/N-ethyl adjacent to an activating group) is 1. The minimum Gasteiger partial charge on any atom is -0.497 e. The second-order valence-electron chi connectivity index (χ2n) is 5.34. The number of nitrogens with one attached hydrogen (secondary N) is 3.